The third-order valence-corrected chi connectivity index (χ3v) is 1.54. The van der Waals surface area contributed by atoms with Crippen LogP contribution in [0.1, 0.15) is 13.8 Å². The molecule has 0 aromatic carbocycles. The largest absolute Gasteiger partial charge is 0.266 e. The van der Waals surface area contributed by atoms with Gasteiger partial charge in [0.15, 0.2) is 0 Å². The Morgan fingerprint density at radius 2 is 2.36 bits per heavy atom. The number of aliphatic imine (C=N–C) groups is 2. The van der Waals surface area contributed by atoms with Crippen molar-refractivity contribution in [1.29, 1.82) is 0 Å². The summed E-state index contributed by atoms with van der Waals surface area (Å²) in [4.78, 5) is 8.08. The fourth-order valence-corrected chi connectivity index (χ4v) is 0.841. The summed E-state index contributed by atoms with van der Waals surface area (Å²) in [5.74, 6) is 0. The summed E-state index contributed by atoms with van der Waals surface area (Å²) in [6.07, 6.45) is 9.46. The normalized spacial score (nSPS) is 27.1. The van der Waals surface area contributed by atoms with Crippen molar-refractivity contribution >= 4 is 12.6 Å². The van der Waals surface area contributed by atoms with E-state index in [1.165, 1.54) is 0 Å². The van der Waals surface area contributed by atoms with Crippen molar-refractivity contribution in [3.05, 3.63) is 23.8 Å². The number of nitrogens with zero attached hydrogens (tertiary/aromatic N) is 2. The molecule has 1 atom stereocenters. The Hall–Kier alpha value is -1.18. The van der Waals surface area contributed by atoms with Gasteiger partial charge in [-0.1, -0.05) is 18.2 Å². The summed E-state index contributed by atoms with van der Waals surface area (Å²) in [5.41, 5.74) is 1.16. The van der Waals surface area contributed by atoms with Gasteiger partial charge in [-0.15, -0.1) is 0 Å². The van der Waals surface area contributed by atoms with Gasteiger partial charge < -0.3 is 0 Å². The number of rotatable bonds is 1. The highest BCUT2D eigenvalue weighted by Gasteiger charge is 2.04. The molecule has 0 N–H and O–H groups in total. The van der Waals surface area contributed by atoms with Gasteiger partial charge in [0.1, 0.15) is 6.34 Å². The molecule has 0 spiro atoms. The van der Waals surface area contributed by atoms with Crippen LogP contribution in [0.25, 0.3) is 0 Å². The summed E-state index contributed by atoms with van der Waals surface area (Å²) in [6.45, 7) is 4.04. The molecule has 0 bridgehead atoms. The summed E-state index contributed by atoms with van der Waals surface area (Å²) >= 11 is 0. The maximum absolute atomic E-state index is 4.14. The van der Waals surface area contributed by atoms with Crippen LogP contribution in [0.15, 0.2) is 33.8 Å². The van der Waals surface area contributed by atoms with Crippen LogP contribution in [0.3, 0.4) is 0 Å². The molecular weight excluding hydrogens is 136 g/mol. The minimum absolute atomic E-state index is 0.253. The van der Waals surface area contributed by atoms with E-state index in [-0.39, 0.29) is 6.04 Å². The molecule has 1 heterocycles. The molecule has 1 aliphatic heterocycles. The topological polar surface area (TPSA) is 24.7 Å². The first kappa shape index (κ1) is 7.92. The van der Waals surface area contributed by atoms with Crippen LogP contribution in [0.2, 0.25) is 0 Å². The van der Waals surface area contributed by atoms with Crippen LogP contribution in [0.5, 0.6) is 0 Å². The lowest BCUT2D eigenvalue weighted by Gasteiger charge is -2.08. The van der Waals surface area contributed by atoms with Crippen LogP contribution < -0.4 is 0 Å². The zero-order valence-corrected chi connectivity index (χ0v) is 6.86. The Kier molecular flexibility index (Phi) is 2.78. The molecule has 1 aliphatic rings. The SMILES string of the molecule is CC=CC=C1C=NC=NC1C. The van der Waals surface area contributed by atoms with Crippen molar-refractivity contribution in [2.24, 2.45) is 9.98 Å². The van der Waals surface area contributed by atoms with E-state index in [9.17, 15) is 0 Å². The summed E-state index contributed by atoms with van der Waals surface area (Å²) in [6, 6.07) is 0.253. The third-order valence-electron chi connectivity index (χ3n) is 1.54. The van der Waals surface area contributed by atoms with E-state index < -0.39 is 0 Å². The Bertz CT molecular complexity index is 234. The van der Waals surface area contributed by atoms with Gasteiger partial charge in [0.25, 0.3) is 0 Å². The molecule has 1 rings (SSSR count). The highest BCUT2D eigenvalue weighted by atomic mass is 14.9. The van der Waals surface area contributed by atoms with E-state index in [2.05, 4.69) is 16.9 Å². The van der Waals surface area contributed by atoms with Crippen molar-refractivity contribution in [1.82, 2.24) is 0 Å². The molecule has 0 amide bonds. The molecule has 0 aliphatic carbocycles. The molecule has 0 aromatic heterocycles. The second-order valence-electron chi connectivity index (χ2n) is 2.41. The standard InChI is InChI=1S/C9H12N2/c1-3-4-5-9-6-10-7-11-8(9)2/h3-8H,1-2H3. The van der Waals surface area contributed by atoms with Gasteiger partial charge >= 0.3 is 0 Å². The fourth-order valence-electron chi connectivity index (χ4n) is 0.841. The lowest BCUT2D eigenvalue weighted by molar-refractivity contribution is 0.898. The predicted molar refractivity (Wildman–Crippen MR) is 49.3 cm³/mol. The van der Waals surface area contributed by atoms with Gasteiger partial charge in [-0.2, -0.15) is 0 Å². The molecule has 11 heavy (non-hydrogen) atoms. The molecule has 0 aromatic rings. The molecule has 2 nitrogen and oxygen atoms in total. The zero-order valence-electron chi connectivity index (χ0n) is 6.86. The zero-order chi connectivity index (χ0) is 8.10. The number of allylic oxidation sites excluding steroid dienone is 3. The molecule has 0 saturated carbocycles. The van der Waals surface area contributed by atoms with Gasteiger partial charge in [0.05, 0.1) is 6.04 Å². The molecular formula is C9H12N2. The maximum atomic E-state index is 4.14. The van der Waals surface area contributed by atoms with Crippen LogP contribution in [0.4, 0.5) is 0 Å². The second kappa shape index (κ2) is 3.86. The van der Waals surface area contributed by atoms with Crippen molar-refractivity contribution in [3.63, 3.8) is 0 Å². The smallest absolute Gasteiger partial charge is 0.110 e. The van der Waals surface area contributed by atoms with E-state index in [0.29, 0.717) is 0 Å². The first-order valence-corrected chi connectivity index (χ1v) is 3.72. The van der Waals surface area contributed by atoms with Crippen molar-refractivity contribution < 1.29 is 0 Å². The summed E-state index contributed by atoms with van der Waals surface area (Å²) in [7, 11) is 0. The third kappa shape index (κ3) is 2.15. The van der Waals surface area contributed by atoms with E-state index in [1.54, 1.807) is 6.34 Å². The molecule has 0 radical (unpaired) electrons. The van der Waals surface area contributed by atoms with Crippen LogP contribution in [-0.4, -0.2) is 18.6 Å². The molecule has 1 unspecified atom stereocenters. The lowest BCUT2D eigenvalue weighted by atomic mass is 10.1. The predicted octanol–water partition coefficient (Wildman–Crippen LogP) is 1.99. The van der Waals surface area contributed by atoms with Crippen molar-refractivity contribution in [2.75, 3.05) is 0 Å². The molecule has 2 heteroatoms. The summed E-state index contributed by atoms with van der Waals surface area (Å²) in [5, 5.41) is 0. The Labute approximate surface area is 67.1 Å². The first-order chi connectivity index (χ1) is 5.34. The quantitative estimate of drug-likeness (QED) is 0.543. The van der Waals surface area contributed by atoms with E-state index in [1.807, 2.05) is 31.4 Å². The van der Waals surface area contributed by atoms with Crippen molar-refractivity contribution in [2.45, 2.75) is 19.9 Å². The lowest BCUT2D eigenvalue weighted by Crippen LogP contribution is -2.07. The number of hydrogen-bond acceptors (Lipinski definition) is 2. The molecule has 58 valence electrons. The highest BCUT2D eigenvalue weighted by molar-refractivity contribution is 5.89. The second-order valence-corrected chi connectivity index (χ2v) is 2.41. The van der Waals surface area contributed by atoms with E-state index >= 15 is 0 Å². The van der Waals surface area contributed by atoms with Gasteiger partial charge in [-0.25, -0.2) is 4.99 Å². The minimum Gasteiger partial charge on any atom is -0.266 e. The molecule has 0 fully saturated rings. The van der Waals surface area contributed by atoms with Crippen LogP contribution in [0, 0.1) is 0 Å². The van der Waals surface area contributed by atoms with Gasteiger partial charge in [0.2, 0.25) is 0 Å². The average molecular weight is 148 g/mol. The fraction of sp³-hybridized carbons (Fsp3) is 0.333. The first-order valence-electron chi connectivity index (χ1n) is 3.72. The average Bonchev–Trinajstić information content (AvgIpc) is 2.03. The summed E-state index contributed by atoms with van der Waals surface area (Å²) < 4.78 is 0. The van der Waals surface area contributed by atoms with Crippen LogP contribution in [-0.2, 0) is 0 Å². The Morgan fingerprint density at radius 3 is 3.00 bits per heavy atom. The van der Waals surface area contributed by atoms with Gasteiger partial charge in [-0.3, -0.25) is 4.99 Å². The van der Waals surface area contributed by atoms with Gasteiger partial charge in [0, 0.05) is 6.21 Å². The van der Waals surface area contributed by atoms with Gasteiger partial charge in [-0.05, 0) is 19.4 Å². The van der Waals surface area contributed by atoms with E-state index in [0.717, 1.165) is 5.57 Å². The Morgan fingerprint density at radius 1 is 1.55 bits per heavy atom. The maximum Gasteiger partial charge on any atom is 0.110 e. The van der Waals surface area contributed by atoms with Crippen LogP contribution >= 0.6 is 0 Å². The highest BCUT2D eigenvalue weighted by Crippen LogP contribution is 2.06. The number of hydrogen-bond donors (Lipinski definition) is 0. The van der Waals surface area contributed by atoms with E-state index in [4.69, 9.17) is 0 Å². The van der Waals surface area contributed by atoms with Crippen molar-refractivity contribution in [3.8, 4) is 0 Å². The minimum atomic E-state index is 0.253. The molecule has 0 saturated heterocycles. The monoisotopic (exact) mass is 148 g/mol. The Balaban J connectivity index is 2.72.